The van der Waals surface area contributed by atoms with E-state index in [0.29, 0.717) is 11.6 Å². The van der Waals surface area contributed by atoms with Gasteiger partial charge in [-0.25, -0.2) is 4.39 Å². The molecule has 1 fully saturated rings. The summed E-state index contributed by atoms with van der Waals surface area (Å²) in [6.07, 6.45) is 6.17. The van der Waals surface area contributed by atoms with Gasteiger partial charge in [-0.15, -0.1) is 6.58 Å². The average Bonchev–Trinajstić information content (AvgIpc) is 2.59. The highest BCUT2D eigenvalue weighted by atomic mass is 35.5. The summed E-state index contributed by atoms with van der Waals surface area (Å²) in [6, 6.07) is 3.66. The first-order valence-corrected chi connectivity index (χ1v) is 9.22. The number of allylic oxidation sites excluding steroid dienone is 1. The molecule has 2 rings (SSSR count). The summed E-state index contributed by atoms with van der Waals surface area (Å²) >= 11 is 6.27. The SMILES string of the molecule is C=CCCCC[C@@H](c1cc(F)c(OCC)c(Cl)c1)N1CCNCC1. The van der Waals surface area contributed by atoms with E-state index in [4.69, 9.17) is 16.3 Å². The number of hydrogen-bond acceptors (Lipinski definition) is 3. The van der Waals surface area contributed by atoms with Crippen LogP contribution in [-0.2, 0) is 0 Å². The Balaban J connectivity index is 2.19. The molecule has 5 heteroatoms. The Morgan fingerprint density at radius 1 is 1.38 bits per heavy atom. The highest BCUT2D eigenvalue weighted by Crippen LogP contribution is 2.35. The Labute approximate surface area is 149 Å². The molecule has 1 saturated heterocycles. The van der Waals surface area contributed by atoms with Crippen molar-refractivity contribution < 1.29 is 9.13 Å². The molecule has 0 aliphatic carbocycles. The predicted octanol–water partition coefficient (Wildman–Crippen LogP) is 4.57. The van der Waals surface area contributed by atoms with Crippen molar-refractivity contribution >= 4 is 11.6 Å². The highest BCUT2D eigenvalue weighted by molar-refractivity contribution is 6.32. The summed E-state index contributed by atoms with van der Waals surface area (Å²) in [5, 5.41) is 3.73. The molecular formula is C19H28ClFN2O. The highest BCUT2D eigenvalue weighted by Gasteiger charge is 2.24. The summed E-state index contributed by atoms with van der Waals surface area (Å²) < 4.78 is 19.7. The summed E-state index contributed by atoms with van der Waals surface area (Å²) in [7, 11) is 0. The van der Waals surface area contributed by atoms with Crippen LogP contribution < -0.4 is 10.1 Å². The Kier molecular flexibility index (Phi) is 8.03. The van der Waals surface area contributed by atoms with Crippen molar-refractivity contribution in [3.63, 3.8) is 0 Å². The molecule has 1 atom stereocenters. The van der Waals surface area contributed by atoms with E-state index in [1.165, 1.54) is 0 Å². The maximum Gasteiger partial charge on any atom is 0.173 e. The third-order valence-electron chi connectivity index (χ3n) is 4.42. The van der Waals surface area contributed by atoms with E-state index in [-0.39, 0.29) is 17.6 Å². The van der Waals surface area contributed by atoms with Crippen molar-refractivity contribution in [2.24, 2.45) is 0 Å². The molecule has 0 saturated carbocycles. The number of hydrogen-bond donors (Lipinski definition) is 1. The summed E-state index contributed by atoms with van der Waals surface area (Å²) in [4.78, 5) is 2.43. The van der Waals surface area contributed by atoms with E-state index in [1.807, 2.05) is 19.1 Å². The van der Waals surface area contributed by atoms with Gasteiger partial charge in [0.05, 0.1) is 11.6 Å². The zero-order valence-corrected chi connectivity index (χ0v) is 15.2. The number of piperazine rings is 1. The first-order chi connectivity index (χ1) is 11.7. The lowest BCUT2D eigenvalue weighted by atomic mass is 9.97. The fourth-order valence-electron chi connectivity index (χ4n) is 3.23. The van der Waals surface area contributed by atoms with Crippen molar-refractivity contribution in [1.29, 1.82) is 0 Å². The molecule has 1 aromatic carbocycles. The molecule has 0 bridgehead atoms. The van der Waals surface area contributed by atoms with Gasteiger partial charge in [0, 0.05) is 32.2 Å². The van der Waals surface area contributed by atoms with Crippen molar-refractivity contribution in [1.82, 2.24) is 10.2 Å². The molecule has 1 heterocycles. The van der Waals surface area contributed by atoms with Crippen LogP contribution in [0.1, 0.15) is 44.2 Å². The maximum atomic E-state index is 14.4. The smallest absolute Gasteiger partial charge is 0.173 e. The molecular weight excluding hydrogens is 327 g/mol. The standard InChI is InChI=1S/C19H28ClFN2O/c1-3-5-6-7-8-18(23-11-9-22-10-12-23)15-13-16(20)19(24-4-2)17(21)14-15/h3,13-14,18,22H,1,4-12H2,2H3/t18-/m0/s1. The van der Waals surface area contributed by atoms with Gasteiger partial charge in [-0.2, -0.15) is 0 Å². The molecule has 0 unspecified atom stereocenters. The van der Waals surface area contributed by atoms with Gasteiger partial charge in [0.1, 0.15) is 0 Å². The lowest BCUT2D eigenvalue weighted by Crippen LogP contribution is -2.45. The topological polar surface area (TPSA) is 24.5 Å². The summed E-state index contributed by atoms with van der Waals surface area (Å²) in [5.41, 5.74) is 0.946. The molecule has 0 aromatic heterocycles. The molecule has 3 nitrogen and oxygen atoms in total. The quantitative estimate of drug-likeness (QED) is 0.519. The predicted molar refractivity (Wildman–Crippen MR) is 98.4 cm³/mol. The second-order valence-electron chi connectivity index (χ2n) is 6.12. The van der Waals surface area contributed by atoms with E-state index >= 15 is 0 Å². The molecule has 1 N–H and O–H groups in total. The second-order valence-corrected chi connectivity index (χ2v) is 6.53. The third-order valence-corrected chi connectivity index (χ3v) is 4.70. The zero-order valence-electron chi connectivity index (χ0n) is 14.5. The van der Waals surface area contributed by atoms with Gasteiger partial charge < -0.3 is 10.1 Å². The van der Waals surface area contributed by atoms with Crippen LogP contribution in [0.3, 0.4) is 0 Å². The first-order valence-electron chi connectivity index (χ1n) is 8.84. The van der Waals surface area contributed by atoms with Gasteiger partial charge in [0.2, 0.25) is 0 Å². The van der Waals surface area contributed by atoms with Gasteiger partial charge in [0.25, 0.3) is 0 Å². The van der Waals surface area contributed by atoms with Crippen LogP contribution >= 0.6 is 11.6 Å². The van der Waals surface area contributed by atoms with Crippen LogP contribution in [0, 0.1) is 5.82 Å². The van der Waals surface area contributed by atoms with Gasteiger partial charge in [-0.05, 0) is 43.9 Å². The first kappa shape index (κ1) is 19.2. The minimum Gasteiger partial charge on any atom is -0.489 e. The number of rotatable bonds is 9. The van der Waals surface area contributed by atoms with E-state index in [1.54, 1.807) is 6.07 Å². The lowest BCUT2D eigenvalue weighted by Gasteiger charge is -2.35. The fourth-order valence-corrected chi connectivity index (χ4v) is 3.51. The molecule has 134 valence electrons. The number of halogens is 2. The van der Waals surface area contributed by atoms with Gasteiger partial charge in [-0.1, -0.05) is 24.1 Å². The van der Waals surface area contributed by atoms with E-state index < -0.39 is 0 Å². The molecule has 1 aliphatic heterocycles. The Bertz CT molecular complexity index is 509. The number of nitrogens with one attached hydrogen (secondary N) is 1. The molecule has 24 heavy (non-hydrogen) atoms. The number of unbranched alkanes of at least 4 members (excludes halogenated alkanes) is 2. The fraction of sp³-hybridized carbons (Fsp3) is 0.579. The van der Waals surface area contributed by atoms with E-state index in [0.717, 1.165) is 57.4 Å². The Morgan fingerprint density at radius 2 is 2.12 bits per heavy atom. The number of benzene rings is 1. The second kappa shape index (κ2) is 10.0. The molecule has 0 radical (unpaired) electrons. The third kappa shape index (κ3) is 5.20. The minimum atomic E-state index is -0.370. The molecule has 1 aliphatic rings. The Morgan fingerprint density at radius 3 is 2.75 bits per heavy atom. The molecule has 0 spiro atoms. The minimum absolute atomic E-state index is 0.161. The van der Waals surface area contributed by atoms with Crippen LogP contribution in [0.15, 0.2) is 24.8 Å². The number of ether oxygens (including phenoxy) is 1. The van der Waals surface area contributed by atoms with Crippen LogP contribution in [0.2, 0.25) is 5.02 Å². The van der Waals surface area contributed by atoms with Crippen molar-refractivity contribution in [2.75, 3.05) is 32.8 Å². The van der Waals surface area contributed by atoms with Gasteiger partial charge in [0.15, 0.2) is 11.6 Å². The monoisotopic (exact) mass is 354 g/mol. The van der Waals surface area contributed by atoms with E-state index in [9.17, 15) is 4.39 Å². The van der Waals surface area contributed by atoms with Crippen molar-refractivity contribution in [3.05, 3.63) is 41.2 Å². The maximum absolute atomic E-state index is 14.4. The van der Waals surface area contributed by atoms with Crippen LogP contribution in [0.5, 0.6) is 5.75 Å². The molecule has 1 aromatic rings. The van der Waals surface area contributed by atoms with Crippen LogP contribution in [-0.4, -0.2) is 37.7 Å². The van der Waals surface area contributed by atoms with Crippen molar-refractivity contribution in [2.45, 2.75) is 38.6 Å². The largest absolute Gasteiger partial charge is 0.489 e. The Hall–Kier alpha value is -1.10. The molecule has 0 amide bonds. The van der Waals surface area contributed by atoms with Gasteiger partial charge in [-0.3, -0.25) is 4.90 Å². The lowest BCUT2D eigenvalue weighted by molar-refractivity contribution is 0.162. The van der Waals surface area contributed by atoms with Gasteiger partial charge >= 0.3 is 0 Å². The zero-order chi connectivity index (χ0) is 17.4. The van der Waals surface area contributed by atoms with Crippen LogP contribution in [0.4, 0.5) is 4.39 Å². The average molecular weight is 355 g/mol. The normalized spacial score (nSPS) is 16.8. The van der Waals surface area contributed by atoms with Crippen LogP contribution in [0.25, 0.3) is 0 Å². The summed E-state index contributed by atoms with van der Waals surface area (Å²) in [5.74, 6) is -0.209. The number of nitrogens with zero attached hydrogens (tertiary/aromatic N) is 1. The van der Waals surface area contributed by atoms with E-state index in [2.05, 4.69) is 16.8 Å². The van der Waals surface area contributed by atoms with Crippen molar-refractivity contribution in [3.8, 4) is 5.75 Å². The summed E-state index contributed by atoms with van der Waals surface area (Å²) in [6.45, 7) is 9.88.